The van der Waals surface area contributed by atoms with Crippen LogP contribution in [-0.4, -0.2) is 52.3 Å². The van der Waals surface area contributed by atoms with Gasteiger partial charge in [0.1, 0.15) is 0 Å². The van der Waals surface area contributed by atoms with Crippen LogP contribution in [0, 0.1) is 11.3 Å². The molecule has 0 bridgehead atoms. The van der Waals surface area contributed by atoms with Gasteiger partial charge in [0.2, 0.25) is 5.91 Å². The summed E-state index contributed by atoms with van der Waals surface area (Å²) in [5.74, 6) is -1.43. The Bertz CT molecular complexity index is 671. The average molecular weight is 528 g/mol. The van der Waals surface area contributed by atoms with Crippen LogP contribution in [0.4, 0.5) is 0 Å². The highest BCUT2D eigenvalue weighted by molar-refractivity contribution is 7.85. The zero-order chi connectivity index (χ0) is 23.0. The van der Waals surface area contributed by atoms with Gasteiger partial charge in [0, 0.05) is 5.92 Å². The van der Waals surface area contributed by atoms with E-state index in [0.29, 0.717) is 12.8 Å². The molecule has 0 saturated heterocycles. The number of ether oxygens (including phenoxy) is 1. The maximum Gasteiger partial charge on any atom is 0.362 e. The standard InChI is InChI=1S/C9H19NO4S.C7H15O5P.5CH4/c1-5-7(2)8(11)10-9(3,4)6-15(12,13)14;1-4-7(2,3)6(8)12-5-13(9,10)11;;;;;/h7H,5-6H2,1-4H3,(H,10,11)(H,12,13,14);4-5H2,1-3H3,(H2,9,10,11);5*1H4. The number of rotatable bonds is 9. The van der Waals surface area contributed by atoms with Crippen molar-refractivity contribution in [1.82, 2.24) is 5.32 Å². The Morgan fingerprint density at radius 3 is 1.67 bits per heavy atom. The second kappa shape index (κ2) is 19.3. The van der Waals surface area contributed by atoms with E-state index in [9.17, 15) is 22.6 Å². The molecule has 0 radical (unpaired) electrons. The zero-order valence-corrected chi connectivity index (χ0v) is 19.3. The van der Waals surface area contributed by atoms with Gasteiger partial charge < -0.3 is 19.8 Å². The molecule has 0 heterocycles. The van der Waals surface area contributed by atoms with Crippen LogP contribution in [0.3, 0.4) is 0 Å². The summed E-state index contributed by atoms with van der Waals surface area (Å²) in [7, 11) is -8.32. The van der Waals surface area contributed by atoms with Gasteiger partial charge in [-0.15, -0.1) is 0 Å². The smallest absolute Gasteiger partial charge is 0.362 e. The normalized spacial score (nSPS) is 11.7. The van der Waals surface area contributed by atoms with E-state index in [0.717, 1.165) is 0 Å². The first kappa shape index (κ1) is 49.2. The van der Waals surface area contributed by atoms with Crippen LogP contribution in [0.25, 0.3) is 0 Å². The molecule has 0 aromatic carbocycles. The Labute approximate surface area is 204 Å². The molecule has 0 aliphatic carbocycles. The van der Waals surface area contributed by atoms with Crippen molar-refractivity contribution in [1.29, 1.82) is 0 Å². The van der Waals surface area contributed by atoms with Crippen molar-refractivity contribution < 1.29 is 41.6 Å². The third-order valence-corrected chi connectivity index (χ3v) is 5.42. The maximum atomic E-state index is 11.5. The van der Waals surface area contributed by atoms with Crippen molar-refractivity contribution in [3.05, 3.63) is 0 Å². The van der Waals surface area contributed by atoms with E-state index >= 15 is 0 Å². The summed E-state index contributed by atoms with van der Waals surface area (Å²) in [6, 6.07) is 0. The zero-order valence-electron chi connectivity index (χ0n) is 17.6. The number of hydrogen-bond donors (Lipinski definition) is 4. The van der Waals surface area contributed by atoms with Crippen LogP contribution in [0.1, 0.15) is 98.4 Å². The van der Waals surface area contributed by atoms with Gasteiger partial charge in [0.15, 0.2) is 6.35 Å². The van der Waals surface area contributed by atoms with E-state index in [2.05, 4.69) is 10.1 Å². The topological polar surface area (TPSA) is 167 Å². The van der Waals surface area contributed by atoms with Gasteiger partial charge in [-0.3, -0.25) is 18.7 Å². The molecular weight excluding hydrogens is 473 g/mol. The molecular formula is C21H54NO9PS. The number of amides is 1. The van der Waals surface area contributed by atoms with Crippen molar-refractivity contribution in [2.75, 3.05) is 12.1 Å². The molecule has 4 N–H and O–H groups in total. The Hall–Kier alpha value is -1.00. The number of nitrogens with one attached hydrogen (secondary N) is 1. The van der Waals surface area contributed by atoms with Crippen LogP contribution in [-0.2, 0) is 29.0 Å². The second-order valence-corrected chi connectivity index (χ2v) is 10.9. The summed E-state index contributed by atoms with van der Waals surface area (Å²) in [6.45, 7) is 11.9. The first-order chi connectivity index (χ1) is 12.3. The molecule has 0 rings (SSSR count). The molecule has 1 atom stereocenters. The SMILES string of the molecule is C.C.C.C.C.CCC(C)(C)C(=O)OCP(=O)(O)O.CCC(C)C(=O)NC(C)(C)CS(=O)(=O)O. The molecule has 10 nitrogen and oxygen atoms in total. The van der Waals surface area contributed by atoms with E-state index in [1.807, 2.05) is 6.92 Å². The Morgan fingerprint density at radius 1 is 1.00 bits per heavy atom. The van der Waals surface area contributed by atoms with Crippen LogP contribution in [0.5, 0.6) is 0 Å². The predicted octanol–water partition coefficient (Wildman–Crippen LogP) is 5.10. The Balaban J connectivity index is -0.0000000716. The van der Waals surface area contributed by atoms with E-state index in [1.165, 1.54) is 0 Å². The first-order valence-corrected chi connectivity index (χ1v) is 12.2. The van der Waals surface area contributed by atoms with Gasteiger partial charge in [0.05, 0.1) is 16.7 Å². The molecule has 0 saturated carbocycles. The molecule has 0 aromatic rings. The Kier molecular flexibility index (Phi) is 28.8. The van der Waals surface area contributed by atoms with Gasteiger partial charge in [-0.1, -0.05) is 57.9 Å². The van der Waals surface area contributed by atoms with Gasteiger partial charge in [-0.2, -0.15) is 8.42 Å². The number of carbonyl (C=O) groups is 2. The fourth-order valence-electron chi connectivity index (χ4n) is 1.62. The summed E-state index contributed by atoms with van der Waals surface area (Å²) >= 11 is 0. The quantitative estimate of drug-likeness (QED) is 0.181. The van der Waals surface area contributed by atoms with Crippen LogP contribution in [0.15, 0.2) is 0 Å². The van der Waals surface area contributed by atoms with E-state index < -0.39 is 46.7 Å². The minimum Gasteiger partial charge on any atom is -0.452 e. The number of carbonyl (C=O) groups excluding carboxylic acids is 2. The van der Waals surface area contributed by atoms with Crippen molar-refractivity contribution in [2.45, 2.75) is 104 Å². The fraction of sp³-hybridized carbons (Fsp3) is 0.905. The monoisotopic (exact) mass is 527 g/mol. The average Bonchev–Trinajstić information content (AvgIpc) is 2.48. The lowest BCUT2D eigenvalue weighted by atomic mass is 9.91. The molecule has 12 heteroatoms. The third kappa shape index (κ3) is 27.1. The molecule has 1 amide bonds. The molecule has 0 aliphatic rings. The van der Waals surface area contributed by atoms with Crippen molar-refractivity contribution in [3.8, 4) is 0 Å². The van der Waals surface area contributed by atoms with Crippen molar-refractivity contribution >= 4 is 29.6 Å². The predicted molar refractivity (Wildman–Crippen MR) is 139 cm³/mol. The summed E-state index contributed by atoms with van der Waals surface area (Å²) in [4.78, 5) is 39.5. The summed E-state index contributed by atoms with van der Waals surface area (Å²) < 4.78 is 44.9. The minimum absolute atomic E-state index is 0. The van der Waals surface area contributed by atoms with Crippen LogP contribution in [0.2, 0.25) is 0 Å². The number of esters is 1. The summed E-state index contributed by atoms with van der Waals surface area (Å²) in [5, 5.41) is 2.59. The highest BCUT2D eigenvalue weighted by Gasteiger charge is 2.29. The molecule has 0 spiro atoms. The Morgan fingerprint density at radius 2 is 1.39 bits per heavy atom. The molecule has 0 aromatic heterocycles. The van der Waals surface area contributed by atoms with E-state index in [1.54, 1.807) is 41.5 Å². The minimum atomic E-state index is -4.24. The molecule has 208 valence electrons. The summed E-state index contributed by atoms with van der Waals surface area (Å²) in [6.07, 6.45) is 0.413. The lowest BCUT2D eigenvalue weighted by Gasteiger charge is -2.26. The van der Waals surface area contributed by atoms with E-state index in [4.69, 9.17) is 14.3 Å². The summed E-state index contributed by atoms with van der Waals surface area (Å²) in [5.41, 5.74) is -1.64. The first-order valence-electron chi connectivity index (χ1n) is 8.75. The lowest BCUT2D eigenvalue weighted by molar-refractivity contribution is -0.152. The van der Waals surface area contributed by atoms with Crippen LogP contribution < -0.4 is 5.32 Å². The van der Waals surface area contributed by atoms with Crippen molar-refractivity contribution in [2.24, 2.45) is 11.3 Å². The van der Waals surface area contributed by atoms with Gasteiger partial charge >= 0.3 is 13.6 Å². The maximum absolute atomic E-state index is 11.5. The van der Waals surface area contributed by atoms with Gasteiger partial charge in [0.25, 0.3) is 10.1 Å². The molecule has 0 aliphatic heterocycles. The highest BCUT2D eigenvalue weighted by Crippen LogP contribution is 2.35. The van der Waals surface area contributed by atoms with Crippen molar-refractivity contribution in [3.63, 3.8) is 0 Å². The molecule has 33 heavy (non-hydrogen) atoms. The second-order valence-electron chi connectivity index (χ2n) is 7.87. The third-order valence-electron chi connectivity index (χ3n) is 3.87. The largest absolute Gasteiger partial charge is 0.452 e. The van der Waals surface area contributed by atoms with Gasteiger partial charge in [-0.05, 0) is 40.5 Å². The van der Waals surface area contributed by atoms with Gasteiger partial charge in [-0.25, -0.2) is 0 Å². The van der Waals surface area contributed by atoms with E-state index in [-0.39, 0.29) is 49.0 Å². The fourth-order valence-corrected chi connectivity index (χ4v) is 2.89. The molecule has 0 fully saturated rings. The number of hydrogen-bond acceptors (Lipinski definition) is 6. The lowest BCUT2D eigenvalue weighted by Crippen LogP contribution is -2.49. The van der Waals surface area contributed by atoms with Crippen LogP contribution >= 0.6 is 7.60 Å². The highest BCUT2D eigenvalue weighted by atomic mass is 32.2. The molecule has 1 unspecified atom stereocenters.